The molecular weight excluding hydrogens is 304 g/mol. The van der Waals surface area contributed by atoms with E-state index < -0.39 is 10.0 Å². The van der Waals surface area contributed by atoms with Gasteiger partial charge < -0.3 is 5.32 Å². The lowest BCUT2D eigenvalue weighted by Gasteiger charge is -2.10. The first-order valence-electron chi connectivity index (χ1n) is 7.16. The van der Waals surface area contributed by atoms with Gasteiger partial charge in [0.15, 0.2) is 0 Å². The topological polar surface area (TPSA) is 58.2 Å². The molecule has 0 spiro atoms. The van der Waals surface area contributed by atoms with Crippen molar-refractivity contribution >= 4 is 31.4 Å². The molecule has 116 valence electrons. The standard InChI is InChI=1S/C15H22N2O2S2/c1-4-16-10-14-15(21(18,19)17-9-11(2)3)12-7-5-6-8-13(12)20-14/h5-8,11,16-17H,4,9-10H2,1-3H3. The third-order valence-corrected chi connectivity index (χ3v) is 5.95. The van der Waals surface area contributed by atoms with Crippen molar-refractivity contribution in [3.8, 4) is 0 Å². The molecule has 0 aliphatic rings. The Morgan fingerprint density at radius 3 is 2.62 bits per heavy atom. The van der Waals surface area contributed by atoms with E-state index in [4.69, 9.17) is 0 Å². The zero-order valence-corrected chi connectivity index (χ0v) is 14.3. The average Bonchev–Trinajstić information content (AvgIpc) is 2.82. The van der Waals surface area contributed by atoms with E-state index in [1.807, 2.05) is 45.0 Å². The molecule has 21 heavy (non-hydrogen) atoms. The zero-order valence-electron chi connectivity index (χ0n) is 12.6. The first-order valence-corrected chi connectivity index (χ1v) is 9.46. The van der Waals surface area contributed by atoms with Gasteiger partial charge in [-0.05, 0) is 18.5 Å². The summed E-state index contributed by atoms with van der Waals surface area (Å²) in [5.41, 5.74) is 0. The van der Waals surface area contributed by atoms with E-state index in [0.717, 1.165) is 21.5 Å². The Morgan fingerprint density at radius 2 is 1.95 bits per heavy atom. The number of hydrogen-bond acceptors (Lipinski definition) is 4. The summed E-state index contributed by atoms with van der Waals surface area (Å²) in [6, 6.07) is 7.67. The van der Waals surface area contributed by atoms with Crippen LogP contribution in [-0.4, -0.2) is 21.5 Å². The van der Waals surface area contributed by atoms with Crippen LogP contribution in [0.4, 0.5) is 0 Å². The first kappa shape index (κ1) is 16.4. The minimum atomic E-state index is -3.48. The normalized spacial score (nSPS) is 12.4. The Kier molecular flexibility index (Phi) is 5.37. The summed E-state index contributed by atoms with van der Waals surface area (Å²) in [5.74, 6) is 0.280. The molecule has 0 radical (unpaired) electrons. The quantitative estimate of drug-likeness (QED) is 0.822. The predicted octanol–water partition coefficient (Wildman–Crippen LogP) is 2.95. The van der Waals surface area contributed by atoms with Crippen LogP contribution in [-0.2, 0) is 16.6 Å². The third-order valence-electron chi connectivity index (χ3n) is 3.10. The molecule has 0 aliphatic heterocycles. The summed E-state index contributed by atoms with van der Waals surface area (Å²) in [6.07, 6.45) is 0. The third kappa shape index (κ3) is 3.83. The second-order valence-corrected chi connectivity index (χ2v) is 8.22. The van der Waals surface area contributed by atoms with Crippen LogP contribution in [0.15, 0.2) is 29.2 Å². The van der Waals surface area contributed by atoms with Crippen molar-refractivity contribution in [1.29, 1.82) is 0 Å². The zero-order chi connectivity index (χ0) is 15.5. The summed E-state index contributed by atoms with van der Waals surface area (Å²) >= 11 is 1.54. The molecular formula is C15H22N2O2S2. The van der Waals surface area contributed by atoms with Gasteiger partial charge in [0, 0.05) is 28.1 Å². The fourth-order valence-corrected chi connectivity index (χ4v) is 5.19. The smallest absolute Gasteiger partial charge is 0.242 e. The Morgan fingerprint density at radius 1 is 1.24 bits per heavy atom. The number of hydrogen-bond donors (Lipinski definition) is 2. The lowest BCUT2D eigenvalue weighted by molar-refractivity contribution is 0.560. The van der Waals surface area contributed by atoms with Crippen LogP contribution in [0.3, 0.4) is 0 Å². The molecule has 2 rings (SSSR count). The summed E-state index contributed by atoms with van der Waals surface area (Å²) in [6.45, 7) is 7.84. The van der Waals surface area contributed by atoms with Crippen molar-refractivity contribution in [3.63, 3.8) is 0 Å². The summed E-state index contributed by atoms with van der Waals surface area (Å²) in [7, 11) is -3.48. The molecule has 0 unspecified atom stereocenters. The molecule has 0 bridgehead atoms. The van der Waals surface area contributed by atoms with Crippen molar-refractivity contribution in [1.82, 2.24) is 10.0 Å². The van der Waals surface area contributed by atoms with Gasteiger partial charge in [0.2, 0.25) is 10.0 Å². The maximum Gasteiger partial charge on any atom is 0.242 e. The molecule has 1 heterocycles. The van der Waals surface area contributed by atoms with Gasteiger partial charge in [-0.15, -0.1) is 11.3 Å². The molecule has 0 aliphatic carbocycles. The monoisotopic (exact) mass is 326 g/mol. The first-order chi connectivity index (χ1) is 9.95. The summed E-state index contributed by atoms with van der Waals surface area (Å²) < 4.78 is 29.1. The highest BCUT2D eigenvalue weighted by atomic mass is 32.2. The minimum Gasteiger partial charge on any atom is -0.312 e. The maximum absolute atomic E-state index is 12.7. The number of nitrogens with one attached hydrogen (secondary N) is 2. The highest BCUT2D eigenvalue weighted by Gasteiger charge is 2.24. The number of benzene rings is 1. The van der Waals surface area contributed by atoms with E-state index in [1.54, 1.807) is 11.3 Å². The second kappa shape index (κ2) is 6.87. The Balaban J connectivity index is 2.48. The van der Waals surface area contributed by atoms with Crippen LogP contribution in [0.5, 0.6) is 0 Å². The lowest BCUT2D eigenvalue weighted by atomic mass is 10.2. The molecule has 2 aromatic rings. The van der Waals surface area contributed by atoms with E-state index in [0.29, 0.717) is 18.0 Å². The molecule has 4 nitrogen and oxygen atoms in total. The van der Waals surface area contributed by atoms with E-state index in [-0.39, 0.29) is 5.92 Å². The fraction of sp³-hybridized carbons (Fsp3) is 0.467. The molecule has 0 atom stereocenters. The largest absolute Gasteiger partial charge is 0.312 e. The Labute approximate surface area is 130 Å². The van der Waals surface area contributed by atoms with Crippen LogP contribution in [0, 0.1) is 5.92 Å². The van der Waals surface area contributed by atoms with Gasteiger partial charge in [-0.1, -0.05) is 39.0 Å². The highest BCUT2D eigenvalue weighted by molar-refractivity contribution is 7.90. The molecule has 6 heteroatoms. The maximum atomic E-state index is 12.7. The predicted molar refractivity (Wildman–Crippen MR) is 89.2 cm³/mol. The molecule has 2 N–H and O–H groups in total. The van der Waals surface area contributed by atoms with Crippen LogP contribution in [0.2, 0.25) is 0 Å². The average molecular weight is 326 g/mol. The van der Waals surface area contributed by atoms with E-state index >= 15 is 0 Å². The van der Waals surface area contributed by atoms with Crippen molar-refractivity contribution in [2.24, 2.45) is 5.92 Å². The lowest BCUT2D eigenvalue weighted by Crippen LogP contribution is -2.28. The van der Waals surface area contributed by atoms with Crippen molar-refractivity contribution in [3.05, 3.63) is 29.1 Å². The van der Waals surface area contributed by atoms with Crippen LogP contribution in [0.1, 0.15) is 25.6 Å². The van der Waals surface area contributed by atoms with Crippen molar-refractivity contribution in [2.75, 3.05) is 13.1 Å². The number of thiophene rings is 1. The van der Waals surface area contributed by atoms with Gasteiger partial charge in [-0.2, -0.15) is 0 Å². The Hall–Kier alpha value is -0.950. The van der Waals surface area contributed by atoms with Gasteiger partial charge in [0.25, 0.3) is 0 Å². The molecule has 1 aromatic heterocycles. The van der Waals surface area contributed by atoms with Crippen LogP contribution >= 0.6 is 11.3 Å². The Bertz CT molecular complexity index is 706. The SMILES string of the molecule is CCNCc1sc2ccccc2c1S(=O)(=O)NCC(C)C. The van der Waals surface area contributed by atoms with E-state index in [2.05, 4.69) is 10.0 Å². The summed E-state index contributed by atoms with van der Waals surface area (Å²) in [5, 5.41) is 4.03. The van der Waals surface area contributed by atoms with Gasteiger partial charge in [-0.25, -0.2) is 13.1 Å². The second-order valence-electron chi connectivity index (χ2n) is 5.38. The van der Waals surface area contributed by atoms with Gasteiger partial charge in [0.05, 0.1) is 0 Å². The van der Waals surface area contributed by atoms with Gasteiger partial charge in [-0.3, -0.25) is 0 Å². The fourth-order valence-electron chi connectivity index (χ4n) is 2.07. The van der Waals surface area contributed by atoms with Gasteiger partial charge in [0.1, 0.15) is 4.90 Å². The summed E-state index contributed by atoms with van der Waals surface area (Å²) in [4.78, 5) is 1.30. The van der Waals surface area contributed by atoms with Crippen LogP contribution in [0.25, 0.3) is 10.1 Å². The van der Waals surface area contributed by atoms with E-state index in [9.17, 15) is 8.42 Å². The number of fused-ring (bicyclic) bond motifs is 1. The minimum absolute atomic E-state index is 0.280. The number of sulfonamides is 1. The molecule has 0 saturated heterocycles. The van der Waals surface area contributed by atoms with Crippen molar-refractivity contribution in [2.45, 2.75) is 32.2 Å². The number of rotatable bonds is 7. The molecule has 0 saturated carbocycles. The van der Waals surface area contributed by atoms with Gasteiger partial charge >= 0.3 is 0 Å². The van der Waals surface area contributed by atoms with Crippen LogP contribution < -0.4 is 10.0 Å². The molecule has 1 aromatic carbocycles. The molecule has 0 amide bonds. The van der Waals surface area contributed by atoms with E-state index in [1.165, 1.54) is 0 Å². The van der Waals surface area contributed by atoms with Crippen molar-refractivity contribution < 1.29 is 8.42 Å². The highest BCUT2D eigenvalue weighted by Crippen LogP contribution is 2.34. The molecule has 0 fully saturated rings.